The van der Waals surface area contributed by atoms with Crippen molar-refractivity contribution in [3.63, 3.8) is 0 Å². The van der Waals surface area contributed by atoms with Gasteiger partial charge < -0.3 is 0 Å². The Kier molecular flexibility index (Phi) is 2.95. The first-order valence-electron chi connectivity index (χ1n) is 4.80. The van der Waals surface area contributed by atoms with Gasteiger partial charge in [0.1, 0.15) is 0 Å². The van der Waals surface area contributed by atoms with Crippen molar-refractivity contribution in [3.05, 3.63) is 48.0 Å². The van der Waals surface area contributed by atoms with Crippen molar-refractivity contribution in [1.29, 1.82) is 0 Å². The highest BCUT2D eigenvalue weighted by Crippen LogP contribution is 2.17. The summed E-state index contributed by atoms with van der Waals surface area (Å²) in [5.74, 6) is 0. The summed E-state index contributed by atoms with van der Waals surface area (Å²) >= 11 is 0. The Bertz CT molecular complexity index is 463. The molecule has 0 bridgehead atoms. The molecule has 76 valence electrons. The Morgan fingerprint density at radius 3 is 2.73 bits per heavy atom. The maximum Gasteiger partial charge on any atom is 0.221 e. The lowest BCUT2D eigenvalue weighted by atomic mass is 10.1. The Labute approximate surface area is 88.1 Å². The summed E-state index contributed by atoms with van der Waals surface area (Å²) in [4.78, 5) is 10.1. The average Bonchev–Trinajstić information content (AvgIpc) is 2.30. The second kappa shape index (κ2) is 4.57. The minimum absolute atomic E-state index is 0.625. The van der Waals surface area contributed by atoms with Crippen LogP contribution in [0.25, 0.3) is 10.8 Å². The van der Waals surface area contributed by atoms with E-state index in [1.54, 1.807) is 0 Å². The van der Waals surface area contributed by atoms with E-state index in [1.807, 2.05) is 24.3 Å². The lowest BCUT2D eigenvalue weighted by Gasteiger charge is -2.06. The zero-order chi connectivity index (χ0) is 10.5. The normalized spacial score (nSPS) is 10.1. The Morgan fingerprint density at radius 1 is 1.07 bits per heavy atom. The molecule has 0 radical (unpaired) electrons. The fourth-order valence-electron chi connectivity index (χ4n) is 1.63. The molecule has 2 N–H and O–H groups in total. The average molecular weight is 200 g/mol. The number of hydrogen-bond acceptors (Lipinski definition) is 2. The second-order valence-corrected chi connectivity index (χ2v) is 3.25. The lowest BCUT2D eigenvalue weighted by molar-refractivity contribution is -0.110. The van der Waals surface area contributed by atoms with E-state index in [0.717, 1.165) is 0 Å². The first kappa shape index (κ1) is 9.68. The minimum atomic E-state index is 0.625. The van der Waals surface area contributed by atoms with Gasteiger partial charge in [-0.05, 0) is 16.3 Å². The van der Waals surface area contributed by atoms with Crippen LogP contribution in [0.2, 0.25) is 0 Å². The quantitative estimate of drug-likeness (QED) is 0.447. The van der Waals surface area contributed by atoms with Crippen LogP contribution in [-0.4, -0.2) is 6.41 Å². The van der Waals surface area contributed by atoms with Crippen molar-refractivity contribution in [2.75, 3.05) is 0 Å². The summed E-state index contributed by atoms with van der Waals surface area (Å²) < 4.78 is 0. The van der Waals surface area contributed by atoms with Gasteiger partial charge in [-0.25, -0.2) is 5.43 Å². The van der Waals surface area contributed by atoms with E-state index in [4.69, 9.17) is 0 Å². The molecule has 3 heteroatoms. The van der Waals surface area contributed by atoms with Crippen LogP contribution in [0.3, 0.4) is 0 Å². The number of nitrogens with one attached hydrogen (secondary N) is 2. The van der Waals surface area contributed by atoms with Crippen LogP contribution >= 0.6 is 0 Å². The number of fused-ring (bicyclic) bond motifs is 1. The van der Waals surface area contributed by atoms with Crippen LogP contribution in [0.15, 0.2) is 42.5 Å². The molecule has 15 heavy (non-hydrogen) atoms. The summed E-state index contributed by atoms with van der Waals surface area (Å²) in [5.41, 5.74) is 6.43. The Balaban J connectivity index is 2.30. The summed E-state index contributed by atoms with van der Waals surface area (Å²) in [7, 11) is 0. The monoisotopic (exact) mass is 200 g/mol. The van der Waals surface area contributed by atoms with Crippen LogP contribution in [0.4, 0.5) is 0 Å². The number of carbonyl (C=O) groups is 1. The van der Waals surface area contributed by atoms with Gasteiger partial charge in [-0.3, -0.25) is 10.2 Å². The molecular formula is C12H12N2O. The predicted octanol–water partition coefficient (Wildman–Crippen LogP) is 1.59. The largest absolute Gasteiger partial charge is 0.294 e. The van der Waals surface area contributed by atoms with E-state index in [-0.39, 0.29) is 0 Å². The molecule has 0 saturated heterocycles. The van der Waals surface area contributed by atoms with Crippen LogP contribution in [-0.2, 0) is 11.3 Å². The third-order valence-electron chi connectivity index (χ3n) is 2.32. The van der Waals surface area contributed by atoms with Gasteiger partial charge in [0.05, 0.1) is 0 Å². The van der Waals surface area contributed by atoms with Gasteiger partial charge in [-0.2, -0.15) is 0 Å². The van der Waals surface area contributed by atoms with Crippen LogP contribution in [0.1, 0.15) is 5.56 Å². The zero-order valence-corrected chi connectivity index (χ0v) is 8.23. The van der Waals surface area contributed by atoms with Crippen molar-refractivity contribution in [2.45, 2.75) is 6.54 Å². The second-order valence-electron chi connectivity index (χ2n) is 3.25. The van der Waals surface area contributed by atoms with E-state index in [0.29, 0.717) is 13.0 Å². The molecule has 0 fully saturated rings. The fraction of sp³-hybridized carbons (Fsp3) is 0.0833. The van der Waals surface area contributed by atoms with Gasteiger partial charge >= 0.3 is 0 Å². The van der Waals surface area contributed by atoms with E-state index in [2.05, 4.69) is 29.1 Å². The third-order valence-corrected chi connectivity index (χ3v) is 2.32. The van der Waals surface area contributed by atoms with E-state index in [1.165, 1.54) is 16.3 Å². The van der Waals surface area contributed by atoms with Crippen LogP contribution in [0, 0.1) is 0 Å². The Morgan fingerprint density at radius 2 is 1.87 bits per heavy atom. The van der Waals surface area contributed by atoms with E-state index in [9.17, 15) is 4.79 Å². The standard InChI is InChI=1S/C12H12N2O/c15-9-14-13-8-11-6-3-5-10-4-1-2-7-12(10)11/h1-7,9,13H,8H2,(H,14,15). The summed E-state index contributed by atoms with van der Waals surface area (Å²) in [6.07, 6.45) is 0.630. The Hall–Kier alpha value is -1.87. The van der Waals surface area contributed by atoms with Crippen molar-refractivity contribution < 1.29 is 4.79 Å². The first-order chi connectivity index (χ1) is 7.42. The van der Waals surface area contributed by atoms with E-state index < -0.39 is 0 Å². The number of hydrazine groups is 1. The lowest BCUT2D eigenvalue weighted by Crippen LogP contribution is -2.29. The number of amides is 1. The zero-order valence-electron chi connectivity index (χ0n) is 8.23. The molecule has 0 aliphatic rings. The van der Waals surface area contributed by atoms with Gasteiger partial charge in [0, 0.05) is 6.54 Å². The highest BCUT2D eigenvalue weighted by atomic mass is 16.1. The van der Waals surface area contributed by atoms with E-state index >= 15 is 0 Å². The maximum absolute atomic E-state index is 10.1. The van der Waals surface area contributed by atoms with Crippen LogP contribution in [0.5, 0.6) is 0 Å². The SMILES string of the molecule is O=CNNCc1cccc2ccccc12. The molecule has 3 nitrogen and oxygen atoms in total. The van der Waals surface area contributed by atoms with Gasteiger partial charge in [-0.15, -0.1) is 0 Å². The molecule has 0 aliphatic carbocycles. The molecule has 0 heterocycles. The van der Waals surface area contributed by atoms with Crippen molar-refractivity contribution >= 4 is 17.2 Å². The number of carbonyl (C=O) groups excluding carboxylic acids is 1. The minimum Gasteiger partial charge on any atom is -0.294 e. The third kappa shape index (κ3) is 2.14. The topological polar surface area (TPSA) is 41.1 Å². The van der Waals surface area contributed by atoms with Gasteiger partial charge in [0.25, 0.3) is 0 Å². The predicted molar refractivity (Wildman–Crippen MR) is 60.0 cm³/mol. The number of benzene rings is 2. The highest BCUT2D eigenvalue weighted by molar-refractivity contribution is 5.85. The molecule has 2 aromatic carbocycles. The van der Waals surface area contributed by atoms with Crippen LogP contribution < -0.4 is 10.9 Å². The molecular weight excluding hydrogens is 188 g/mol. The van der Waals surface area contributed by atoms with Crippen molar-refractivity contribution in [3.8, 4) is 0 Å². The summed E-state index contributed by atoms with van der Waals surface area (Å²) in [6.45, 7) is 0.625. The number of rotatable bonds is 4. The summed E-state index contributed by atoms with van der Waals surface area (Å²) in [6, 6.07) is 14.3. The fourth-order valence-corrected chi connectivity index (χ4v) is 1.63. The summed E-state index contributed by atoms with van der Waals surface area (Å²) in [5, 5.41) is 2.42. The molecule has 2 rings (SSSR count). The van der Waals surface area contributed by atoms with Gasteiger partial charge in [-0.1, -0.05) is 42.5 Å². The molecule has 2 aromatic rings. The smallest absolute Gasteiger partial charge is 0.221 e. The molecule has 0 atom stereocenters. The molecule has 0 unspecified atom stereocenters. The van der Waals surface area contributed by atoms with Crippen molar-refractivity contribution in [1.82, 2.24) is 10.9 Å². The molecule has 0 spiro atoms. The van der Waals surface area contributed by atoms with Crippen molar-refractivity contribution in [2.24, 2.45) is 0 Å². The van der Waals surface area contributed by atoms with Gasteiger partial charge in [0.15, 0.2) is 0 Å². The highest BCUT2D eigenvalue weighted by Gasteiger charge is 1.98. The number of hydrogen-bond donors (Lipinski definition) is 2. The first-order valence-corrected chi connectivity index (χ1v) is 4.80. The maximum atomic E-state index is 10.1. The molecule has 1 amide bonds. The molecule has 0 aliphatic heterocycles. The molecule has 0 aromatic heterocycles. The van der Waals surface area contributed by atoms with Gasteiger partial charge in [0.2, 0.25) is 6.41 Å². The molecule has 0 saturated carbocycles.